The summed E-state index contributed by atoms with van der Waals surface area (Å²) >= 11 is 0. The lowest BCUT2D eigenvalue weighted by molar-refractivity contribution is 0.233. The van der Waals surface area contributed by atoms with E-state index in [1.54, 1.807) is 0 Å². The topological polar surface area (TPSA) is 3.24 Å². The van der Waals surface area contributed by atoms with Gasteiger partial charge in [0.2, 0.25) is 0 Å². The van der Waals surface area contributed by atoms with Crippen LogP contribution in [0.1, 0.15) is 65.7 Å². The van der Waals surface area contributed by atoms with E-state index in [1.165, 1.54) is 58.0 Å². The lowest BCUT2D eigenvalue weighted by Gasteiger charge is -2.31. The second-order valence-corrected chi connectivity index (χ2v) is 8.10. The molecule has 0 aromatic carbocycles. The first kappa shape index (κ1) is 15.1. The largest absolute Gasteiger partial charge is 0.306 e. The van der Waals surface area contributed by atoms with Gasteiger partial charge in [0.1, 0.15) is 0 Å². The molecule has 19 heavy (non-hydrogen) atoms. The summed E-state index contributed by atoms with van der Waals surface area (Å²) in [5, 5.41) is 0. The Labute approximate surface area is 120 Å². The van der Waals surface area contributed by atoms with Gasteiger partial charge in [-0.3, -0.25) is 0 Å². The predicted molar refractivity (Wildman–Crippen MR) is 84.3 cm³/mol. The first-order valence-corrected chi connectivity index (χ1v) is 8.31. The van der Waals surface area contributed by atoms with Crippen molar-refractivity contribution in [3.8, 4) is 0 Å². The van der Waals surface area contributed by atoms with Crippen LogP contribution >= 0.6 is 0 Å². The molecule has 0 spiro atoms. The van der Waals surface area contributed by atoms with Crippen LogP contribution in [0.15, 0.2) is 11.6 Å². The molecule has 1 aliphatic heterocycles. The molecule has 1 fully saturated rings. The maximum atomic E-state index is 2.61. The second kappa shape index (κ2) is 6.43. The van der Waals surface area contributed by atoms with Crippen molar-refractivity contribution in [1.29, 1.82) is 0 Å². The predicted octanol–water partition coefficient (Wildman–Crippen LogP) is 4.88. The van der Waals surface area contributed by atoms with Crippen LogP contribution in [0.2, 0.25) is 0 Å². The number of piperidine rings is 1. The van der Waals surface area contributed by atoms with Gasteiger partial charge in [-0.2, -0.15) is 0 Å². The van der Waals surface area contributed by atoms with Crippen molar-refractivity contribution in [2.75, 3.05) is 20.1 Å². The summed E-state index contributed by atoms with van der Waals surface area (Å²) in [7, 11) is 2.26. The monoisotopic (exact) mass is 263 g/mol. The third-order valence-electron chi connectivity index (χ3n) is 4.97. The van der Waals surface area contributed by atoms with Gasteiger partial charge in [-0.25, -0.2) is 0 Å². The lowest BCUT2D eigenvalue weighted by Crippen LogP contribution is -2.30. The molecule has 0 aromatic heterocycles. The highest BCUT2D eigenvalue weighted by Crippen LogP contribution is 2.36. The van der Waals surface area contributed by atoms with Crippen LogP contribution in [0, 0.1) is 17.3 Å². The van der Waals surface area contributed by atoms with Crippen LogP contribution in [0.3, 0.4) is 0 Å². The van der Waals surface area contributed by atoms with Gasteiger partial charge in [-0.05, 0) is 82.3 Å². The quantitative estimate of drug-likeness (QED) is 0.642. The Morgan fingerprint density at radius 1 is 1.11 bits per heavy atom. The third-order valence-corrected chi connectivity index (χ3v) is 4.97. The van der Waals surface area contributed by atoms with Crippen molar-refractivity contribution in [2.24, 2.45) is 17.3 Å². The molecule has 1 heteroatoms. The number of hydrogen-bond donors (Lipinski definition) is 0. The summed E-state index contributed by atoms with van der Waals surface area (Å²) in [6, 6.07) is 0. The summed E-state index contributed by atoms with van der Waals surface area (Å²) in [5.74, 6) is 1.87. The Morgan fingerprint density at radius 2 is 1.79 bits per heavy atom. The Morgan fingerprint density at radius 3 is 2.42 bits per heavy atom. The summed E-state index contributed by atoms with van der Waals surface area (Å²) in [4.78, 5) is 2.48. The van der Waals surface area contributed by atoms with E-state index in [0.29, 0.717) is 5.41 Å². The summed E-state index contributed by atoms with van der Waals surface area (Å²) in [6.45, 7) is 9.77. The van der Waals surface area contributed by atoms with Gasteiger partial charge < -0.3 is 4.90 Å². The van der Waals surface area contributed by atoms with Gasteiger partial charge >= 0.3 is 0 Å². The van der Waals surface area contributed by atoms with E-state index in [0.717, 1.165) is 11.8 Å². The lowest BCUT2D eigenvalue weighted by atomic mass is 9.80. The normalized spacial score (nSPS) is 28.0. The highest BCUT2D eigenvalue weighted by Gasteiger charge is 2.24. The maximum absolute atomic E-state index is 2.61. The number of rotatable bonds is 2. The van der Waals surface area contributed by atoms with E-state index in [2.05, 4.69) is 38.8 Å². The van der Waals surface area contributed by atoms with E-state index in [4.69, 9.17) is 0 Å². The van der Waals surface area contributed by atoms with Crippen molar-refractivity contribution in [3.63, 3.8) is 0 Å². The fraction of sp³-hybridized carbons (Fsp3) is 0.889. The van der Waals surface area contributed by atoms with Crippen LogP contribution in [-0.4, -0.2) is 25.0 Å². The number of likely N-dealkylation sites (tertiary alicyclic amines) is 1. The van der Waals surface area contributed by atoms with E-state index in [1.807, 2.05) is 5.57 Å². The minimum Gasteiger partial charge on any atom is -0.306 e. The number of hydrogen-bond acceptors (Lipinski definition) is 1. The molecule has 110 valence electrons. The van der Waals surface area contributed by atoms with Crippen LogP contribution in [0.4, 0.5) is 0 Å². The molecule has 1 saturated heterocycles. The minimum absolute atomic E-state index is 0.503. The zero-order chi connectivity index (χ0) is 13.9. The molecule has 0 bridgehead atoms. The van der Waals surface area contributed by atoms with Gasteiger partial charge in [-0.15, -0.1) is 0 Å². The van der Waals surface area contributed by atoms with Gasteiger partial charge in [-0.1, -0.05) is 32.4 Å². The summed E-state index contributed by atoms with van der Waals surface area (Å²) in [6.07, 6.45) is 12.4. The molecular weight excluding hydrogens is 230 g/mol. The Kier molecular flexibility index (Phi) is 5.11. The standard InChI is InChI=1S/C18H33N/c1-18(2,3)14-15-6-5-7-16(9-8-15)17-10-12-19(4)13-11-17/h7,15,17H,5-6,8-14H2,1-4H3. The zero-order valence-corrected chi connectivity index (χ0v) is 13.5. The molecule has 1 nitrogen and oxygen atoms in total. The molecule has 0 amide bonds. The van der Waals surface area contributed by atoms with Crippen LogP contribution < -0.4 is 0 Å². The first-order valence-electron chi connectivity index (χ1n) is 8.31. The molecule has 1 aliphatic carbocycles. The number of nitrogens with zero attached hydrogens (tertiary/aromatic N) is 1. The fourth-order valence-electron chi connectivity index (χ4n) is 3.94. The van der Waals surface area contributed by atoms with Crippen molar-refractivity contribution in [1.82, 2.24) is 4.90 Å². The van der Waals surface area contributed by atoms with Gasteiger partial charge in [0, 0.05) is 0 Å². The number of allylic oxidation sites excluding steroid dienone is 2. The molecule has 2 rings (SSSR count). The minimum atomic E-state index is 0.503. The Hall–Kier alpha value is -0.300. The molecule has 1 heterocycles. The van der Waals surface area contributed by atoms with Gasteiger partial charge in [0.25, 0.3) is 0 Å². The summed E-state index contributed by atoms with van der Waals surface area (Å²) < 4.78 is 0. The Balaban J connectivity index is 1.84. The molecule has 0 aromatic rings. The average molecular weight is 263 g/mol. The van der Waals surface area contributed by atoms with Crippen molar-refractivity contribution >= 4 is 0 Å². The third kappa shape index (κ3) is 4.95. The van der Waals surface area contributed by atoms with Crippen molar-refractivity contribution < 1.29 is 0 Å². The molecule has 2 aliphatic rings. The first-order chi connectivity index (χ1) is 8.94. The SMILES string of the molecule is CN1CCC(C2=CCCC(CC(C)(C)C)CC2)CC1. The molecule has 0 N–H and O–H groups in total. The van der Waals surface area contributed by atoms with E-state index in [9.17, 15) is 0 Å². The molecule has 0 saturated carbocycles. The smallest absolute Gasteiger partial charge is 0.00161 e. The molecule has 1 atom stereocenters. The average Bonchev–Trinajstić information content (AvgIpc) is 2.54. The highest BCUT2D eigenvalue weighted by atomic mass is 15.1. The maximum Gasteiger partial charge on any atom is -0.00161 e. The molecular formula is C18H33N. The van der Waals surface area contributed by atoms with Crippen LogP contribution in [-0.2, 0) is 0 Å². The van der Waals surface area contributed by atoms with Gasteiger partial charge in [0.05, 0.1) is 0 Å². The van der Waals surface area contributed by atoms with E-state index >= 15 is 0 Å². The summed E-state index contributed by atoms with van der Waals surface area (Å²) in [5.41, 5.74) is 2.31. The second-order valence-electron chi connectivity index (χ2n) is 8.10. The van der Waals surface area contributed by atoms with Crippen LogP contribution in [0.5, 0.6) is 0 Å². The zero-order valence-electron chi connectivity index (χ0n) is 13.5. The molecule has 0 radical (unpaired) electrons. The van der Waals surface area contributed by atoms with Crippen molar-refractivity contribution in [2.45, 2.75) is 65.7 Å². The van der Waals surface area contributed by atoms with E-state index in [-0.39, 0.29) is 0 Å². The van der Waals surface area contributed by atoms with Crippen LogP contribution in [0.25, 0.3) is 0 Å². The Bertz CT molecular complexity index is 302. The fourth-order valence-corrected chi connectivity index (χ4v) is 3.94. The highest BCUT2D eigenvalue weighted by molar-refractivity contribution is 5.10. The van der Waals surface area contributed by atoms with E-state index < -0.39 is 0 Å². The van der Waals surface area contributed by atoms with Gasteiger partial charge in [0.15, 0.2) is 0 Å². The molecule has 1 unspecified atom stereocenters. The van der Waals surface area contributed by atoms with Crippen molar-refractivity contribution in [3.05, 3.63) is 11.6 Å².